The molecule has 1 amide bonds. The number of fused-ring (bicyclic) bond motifs is 2. The number of alkyl halides is 6. The van der Waals surface area contributed by atoms with Crippen LogP contribution in [0.4, 0.5) is 32.0 Å². The Labute approximate surface area is 216 Å². The van der Waals surface area contributed by atoms with Gasteiger partial charge in [-0.05, 0) is 36.2 Å². The molecule has 1 unspecified atom stereocenters. The summed E-state index contributed by atoms with van der Waals surface area (Å²) in [7, 11) is -3.92. The minimum Gasteiger partial charge on any atom is -0.483 e. The van der Waals surface area contributed by atoms with Gasteiger partial charge in [-0.15, -0.1) is 0 Å². The highest BCUT2D eigenvalue weighted by molar-refractivity contribution is 7.88. The number of pyridine rings is 1. The van der Waals surface area contributed by atoms with Crippen LogP contribution in [0, 0.1) is 6.92 Å². The van der Waals surface area contributed by atoms with Gasteiger partial charge >= 0.3 is 12.4 Å². The van der Waals surface area contributed by atoms with Crippen molar-refractivity contribution in [3.63, 3.8) is 0 Å². The number of ether oxygens (including phenoxy) is 2. The third-order valence-corrected chi connectivity index (χ3v) is 6.33. The summed E-state index contributed by atoms with van der Waals surface area (Å²) < 4.78 is 111. The summed E-state index contributed by atoms with van der Waals surface area (Å²) in [6, 6.07) is 6.37. The number of amides is 1. The van der Waals surface area contributed by atoms with Crippen LogP contribution < -0.4 is 19.5 Å². The first-order valence-electron chi connectivity index (χ1n) is 10.9. The number of aliphatic hydroxyl groups excluding tert-OH is 1. The van der Waals surface area contributed by atoms with Gasteiger partial charge in [0.05, 0.1) is 16.9 Å². The minimum atomic E-state index is -4.85. The summed E-state index contributed by atoms with van der Waals surface area (Å²) in [5.41, 5.74) is -1.13. The number of aromatic nitrogens is 1. The molecule has 0 saturated heterocycles. The Balaban J connectivity index is 1.92. The maximum atomic E-state index is 13.6. The molecule has 1 atom stereocenters. The van der Waals surface area contributed by atoms with Crippen LogP contribution in [0.5, 0.6) is 11.5 Å². The number of hydrogen-bond donors (Lipinski definition) is 2. The Kier molecular flexibility index (Phi) is 7.16. The van der Waals surface area contributed by atoms with Crippen LogP contribution in [0.2, 0.25) is 0 Å². The molecular formula is C23H19F6N3O6S. The number of primary sulfonamides is 1. The number of anilines is 1. The molecule has 0 spiro atoms. The van der Waals surface area contributed by atoms with Crippen molar-refractivity contribution in [2.75, 3.05) is 18.1 Å². The molecule has 210 valence electrons. The lowest BCUT2D eigenvalue weighted by molar-refractivity contribution is -0.154. The molecule has 9 nitrogen and oxygen atoms in total. The van der Waals surface area contributed by atoms with Crippen molar-refractivity contribution in [1.29, 1.82) is 0 Å². The van der Waals surface area contributed by atoms with E-state index in [2.05, 4.69) is 4.98 Å². The SMILES string of the molecule is Cc1cc(CS(N)(=O)=O)ccc1N1C(=O)c2c(c(OCC(F)(F)F)c3cccnc3c2OCC(F)(F)F)C1O. The second kappa shape index (κ2) is 9.84. The quantitative estimate of drug-likeness (QED) is 0.407. The molecule has 0 radical (unpaired) electrons. The van der Waals surface area contributed by atoms with E-state index in [9.17, 15) is 44.7 Å². The first-order chi connectivity index (χ1) is 18.0. The van der Waals surface area contributed by atoms with Crippen molar-refractivity contribution in [3.05, 3.63) is 58.8 Å². The molecule has 1 aromatic heterocycles. The van der Waals surface area contributed by atoms with E-state index < -0.39 is 76.1 Å². The number of carbonyl (C=O) groups is 1. The van der Waals surface area contributed by atoms with Gasteiger partial charge in [-0.3, -0.25) is 14.7 Å². The van der Waals surface area contributed by atoms with Crippen LogP contribution in [0.15, 0.2) is 36.5 Å². The third-order valence-electron chi connectivity index (χ3n) is 5.59. The molecule has 16 heteroatoms. The first kappa shape index (κ1) is 28.4. The second-order valence-electron chi connectivity index (χ2n) is 8.63. The van der Waals surface area contributed by atoms with E-state index in [1.165, 1.54) is 37.3 Å². The fraction of sp³-hybridized carbons (Fsp3) is 0.304. The van der Waals surface area contributed by atoms with Crippen molar-refractivity contribution >= 4 is 32.5 Å². The Hall–Kier alpha value is -3.63. The smallest absolute Gasteiger partial charge is 0.422 e. The van der Waals surface area contributed by atoms with Crippen molar-refractivity contribution in [3.8, 4) is 11.5 Å². The van der Waals surface area contributed by atoms with Gasteiger partial charge < -0.3 is 14.6 Å². The highest BCUT2D eigenvalue weighted by Gasteiger charge is 2.45. The molecule has 3 N–H and O–H groups in total. The van der Waals surface area contributed by atoms with Crippen molar-refractivity contribution in [2.24, 2.45) is 5.14 Å². The summed E-state index contributed by atoms with van der Waals surface area (Å²) in [6.45, 7) is -2.25. The standard InChI is InChI=1S/C23H19F6N3O6S/c1-11-7-12(8-39(30,35)36)4-5-14(11)32-20(33)15-16(21(32)34)19(38-10-23(27,28)29)17-13(3-2-6-31-17)18(15)37-9-22(24,25)26/h2-7,20,33H,8-10H2,1H3,(H2,30,35,36). The predicted octanol–water partition coefficient (Wildman–Crippen LogP) is 3.87. The Morgan fingerprint density at radius 2 is 1.67 bits per heavy atom. The number of halogens is 6. The van der Waals surface area contributed by atoms with E-state index in [1.54, 1.807) is 0 Å². The summed E-state index contributed by atoms with van der Waals surface area (Å²) >= 11 is 0. The molecule has 0 saturated carbocycles. The molecular weight excluding hydrogens is 560 g/mol. The zero-order valence-corrected chi connectivity index (χ0v) is 20.6. The normalized spacial score (nSPS) is 16.1. The molecule has 2 aromatic carbocycles. The van der Waals surface area contributed by atoms with E-state index in [-0.39, 0.29) is 27.7 Å². The highest BCUT2D eigenvalue weighted by Crippen LogP contribution is 2.50. The van der Waals surface area contributed by atoms with Crippen LogP contribution in [-0.2, 0) is 15.8 Å². The van der Waals surface area contributed by atoms with Crippen LogP contribution in [-0.4, -0.2) is 50.0 Å². The minimum absolute atomic E-state index is 0.0116. The first-order valence-corrected chi connectivity index (χ1v) is 12.6. The van der Waals surface area contributed by atoms with Gasteiger partial charge in [0.15, 0.2) is 25.2 Å². The van der Waals surface area contributed by atoms with Gasteiger partial charge in [-0.1, -0.05) is 12.1 Å². The van der Waals surface area contributed by atoms with Gasteiger partial charge in [0, 0.05) is 17.3 Å². The lowest BCUT2D eigenvalue weighted by Crippen LogP contribution is -2.28. The predicted molar refractivity (Wildman–Crippen MR) is 125 cm³/mol. The number of carbonyl (C=O) groups excluding carboxylic acids is 1. The third kappa shape index (κ3) is 6.02. The number of nitrogens with two attached hydrogens (primary N) is 1. The van der Waals surface area contributed by atoms with Gasteiger partial charge in [0.1, 0.15) is 11.3 Å². The zero-order valence-electron chi connectivity index (χ0n) is 19.8. The lowest BCUT2D eigenvalue weighted by atomic mass is 10.0. The Bertz CT molecular complexity index is 1560. The summed E-state index contributed by atoms with van der Waals surface area (Å²) in [5, 5.41) is 16.0. The van der Waals surface area contributed by atoms with Crippen molar-refractivity contribution < 1.29 is 54.1 Å². The number of aryl methyl sites for hydroxylation is 1. The lowest BCUT2D eigenvalue weighted by Gasteiger charge is -2.24. The van der Waals surface area contributed by atoms with Crippen LogP contribution in [0.3, 0.4) is 0 Å². The van der Waals surface area contributed by atoms with E-state index >= 15 is 0 Å². The van der Waals surface area contributed by atoms with Gasteiger partial charge in [0.2, 0.25) is 10.0 Å². The zero-order chi connectivity index (χ0) is 28.9. The number of sulfonamides is 1. The second-order valence-corrected chi connectivity index (χ2v) is 10.2. The van der Waals surface area contributed by atoms with Crippen molar-refractivity contribution in [1.82, 2.24) is 4.98 Å². The van der Waals surface area contributed by atoms with Crippen LogP contribution >= 0.6 is 0 Å². The number of nitrogens with zero attached hydrogens (tertiary/aromatic N) is 2. The van der Waals surface area contributed by atoms with Crippen LogP contribution in [0.25, 0.3) is 10.9 Å². The van der Waals surface area contributed by atoms with Crippen molar-refractivity contribution in [2.45, 2.75) is 31.3 Å². The average Bonchev–Trinajstić information content (AvgIpc) is 3.04. The molecule has 1 aliphatic heterocycles. The maximum Gasteiger partial charge on any atom is 0.422 e. The molecule has 4 rings (SSSR count). The van der Waals surface area contributed by atoms with E-state index in [1.807, 2.05) is 0 Å². The number of rotatable bonds is 7. The summed E-state index contributed by atoms with van der Waals surface area (Å²) in [5.74, 6) is -2.97. The number of hydrogen-bond acceptors (Lipinski definition) is 7. The Morgan fingerprint density at radius 1 is 1.05 bits per heavy atom. The van der Waals surface area contributed by atoms with E-state index in [0.717, 1.165) is 11.1 Å². The highest BCUT2D eigenvalue weighted by atomic mass is 32.2. The molecule has 0 bridgehead atoms. The van der Waals surface area contributed by atoms with Gasteiger partial charge in [-0.2, -0.15) is 26.3 Å². The molecule has 0 aliphatic carbocycles. The summed E-state index contributed by atoms with van der Waals surface area (Å²) in [4.78, 5) is 18.2. The van der Waals surface area contributed by atoms with Gasteiger partial charge in [0.25, 0.3) is 5.91 Å². The average molecular weight is 579 g/mol. The monoisotopic (exact) mass is 579 g/mol. The topological polar surface area (TPSA) is 132 Å². The maximum absolute atomic E-state index is 13.6. The van der Waals surface area contributed by atoms with Crippen LogP contribution in [0.1, 0.15) is 33.3 Å². The largest absolute Gasteiger partial charge is 0.483 e. The van der Waals surface area contributed by atoms with E-state index in [4.69, 9.17) is 14.6 Å². The number of benzene rings is 2. The molecule has 39 heavy (non-hydrogen) atoms. The fourth-order valence-electron chi connectivity index (χ4n) is 4.24. The number of aliphatic hydroxyl groups is 1. The van der Waals surface area contributed by atoms with Gasteiger partial charge in [-0.25, -0.2) is 13.6 Å². The molecule has 3 aromatic rings. The van der Waals surface area contributed by atoms with E-state index in [0.29, 0.717) is 0 Å². The molecule has 1 aliphatic rings. The fourth-order valence-corrected chi connectivity index (χ4v) is 4.89. The molecule has 0 fully saturated rings. The summed E-state index contributed by atoms with van der Waals surface area (Å²) in [6.07, 6.45) is -10.6. The Morgan fingerprint density at radius 3 is 2.23 bits per heavy atom. The molecule has 2 heterocycles.